The van der Waals surface area contributed by atoms with Crippen LogP contribution < -0.4 is 10.9 Å². The first-order chi connectivity index (χ1) is 9.22. The highest BCUT2D eigenvalue weighted by Gasteiger charge is 2.09. The van der Waals surface area contributed by atoms with Gasteiger partial charge in [0, 0.05) is 12.6 Å². The molecule has 19 heavy (non-hydrogen) atoms. The van der Waals surface area contributed by atoms with Crippen LogP contribution in [0.15, 0.2) is 41.2 Å². The van der Waals surface area contributed by atoms with Crippen LogP contribution in [-0.4, -0.2) is 15.1 Å². The van der Waals surface area contributed by atoms with Crippen molar-refractivity contribution in [2.24, 2.45) is 0 Å². The van der Waals surface area contributed by atoms with Gasteiger partial charge in [-0.05, 0) is 5.56 Å². The number of fused-ring (bicyclic) bond motifs is 1. The van der Waals surface area contributed by atoms with E-state index in [1.54, 1.807) is 0 Å². The molecule has 0 spiro atoms. The molecule has 0 unspecified atom stereocenters. The van der Waals surface area contributed by atoms with E-state index in [1.165, 1.54) is 11.3 Å². The van der Waals surface area contributed by atoms with Crippen LogP contribution in [0.4, 0.5) is 5.13 Å². The minimum atomic E-state index is -0.357. The molecule has 0 saturated heterocycles. The van der Waals surface area contributed by atoms with Gasteiger partial charge < -0.3 is 15.4 Å². The van der Waals surface area contributed by atoms with Gasteiger partial charge in [0.05, 0.1) is 0 Å². The van der Waals surface area contributed by atoms with Gasteiger partial charge >= 0.3 is 0 Å². The molecule has 0 aliphatic rings. The number of aromatic amines is 1. The molecule has 0 saturated carbocycles. The summed E-state index contributed by atoms with van der Waals surface area (Å²) in [6.07, 6.45) is 0. The molecule has 0 amide bonds. The smallest absolute Gasteiger partial charge is 0.253 e. The fraction of sp³-hybridized carbons (Fsp3) is 0.0769. The zero-order valence-electron chi connectivity index (χ0n) is 9.88. The molecule has 6 heteroatoms. The van der Waals surface area contributed by atoms with E-state index >= 15 is 0 Å². The third-order valence-electron chi connectivity index (χ3n) is 2.66. The number of pyridine rings is 1. The van der Waals surface area contributed by atoms with Gasteiger partial charge in [-0.15, -0.1) is 0 Å². The van der Waals surface area contributed by atoms with Gasteiger partial charge in [0.15, 0.2) is 10.8 Å². The second kappa shape index (κ2) is 4.74. The average molecular weight is 273 g/mol. The van der Waals surface area contributed by atoms with Crippen LogP contribution in [0.5, 0.6) is 5.75 Å². The van der Waals surface area contributed by atoms with Crippen LogP contribution in [0.2, 0.25) is 0 Å². The predicted molar refractivity (Wildman–Crippen MR) is 75.7 cm³/mol. The number of nitrogens with zero attached hydrogens (tertiary/aromatic N) is 1. The lowest BCUT2D eigenvalue weighted by atomic mass is 10.2. The van der Waals surface area contributed by atoms with Gasteiger partial charge in [-0.1, -0.05) is 41.7 Å². The number of hydrogen-bond donors (Lipinski definition) is 3. The van der Waals surface area contributed by atoms with Crippen molar-refractivity contribution in [1.82, 2.24) is 9.97 Å². The van der Waals surface area contributed by atoms with Crippen molar-refractivity contribution in [1.29, 1.82) is 0 Å². The molecule has 3 aromatic rings. The summed E-state index contributed by atoms with van der Waals surface area (Å²) in [6.45, 7) is 0.644. The molecule has 0 bridgehead atoms. The van der Waals surface area contributed by atoms with Gasteiger partial charge in [-0.2, -0.15) is 0 Å². The molecule has 0 radical (unpaired) electrons. The summed E-state index contributed by atoms with van der Waals surface area (Å²) >= 11 is 1.31. The van der Waals surface area contributed by atoms with Crippen LogP contribution in [0.1, 0.15) is 5.56 Å². The maximum absolute atomic E-state index is 11.2. The van der Waals surface area contributed by atoms with Crippen LogP contribution in [0.25, 0.3) is 10.3 Å². The Balaban J connectivity index is 1.86. The summed E-state index contributed by atoms with van der Waals surface area (Å²) < 4.78 is 0.579. The van der Waals surface area contributed by atoms with E-state index in [9.17, 15) is 9.90 Å². The highest BCUT2D eigenvalue weighted by atomic mass is 32.1. The molecule has 0 aliphatic carbocycles. The number of benzene rings is 1. The Morgan fingerprint density at radius 3 is 2.89 bits per heavy atom. The Hall–Kier alpha value is -2.34. The van der Waals surface area contributed by atoms with E-state index < -0.39 is 0 Å². The standard InChI is InChI=1S/C13H11N3O2S/c17-9-6-10(18)15-12-11(9)19-13(16-12)14-7-8-4-2-1-3-5-8/h1-6H,7H2,(H3,14,15,16,17,18). The molecule has 3 rings (SSSR count). The first-order valence-electron chi connectivity index (χ1n) is 5.73. The normalized spacial score (nSPS) is 10.7. The van der Waals surface area contributed by atoms with E-state index in [0.717, 1.165) is 11.6 Å². The van der Waals surface area contributed by atoms with Gasteiger partial charge in [-0.3, -0.25) is 4.79 Å². The number of aromatic nitrogens is 2. The molecule has 96 valence electrons. The Labute approximate surface area is 112 Å². The number of H-pyrrole nitrogens is 1. The molecular formula is C13H11N3O2S. The highest BCUT2D eigenvalue weighted by molar-refractivity contribution is 7.22. The molecule has 2 aromatic heterocycles. The Morgan fingerprint density at radius 1 is 1.32 bits per heavy atom. The second-order valence-electron chi connectivity index (χ2n) is 4.05. The summed E-state index contributed by atoms with van der Waals surface area (Å²) in [5.74, 6) is -0.0380. The summed E-state index contributed by atoms with van der Waals surface area (Å²) in [4.78, 5) is 18.1. The molecule has 1 aromatic carbocycles. The van der Waals surface area contributed by atoms with Crippen molar-refractivity contribution in [2.45, 2.75) is 6.54 Å². The van der Waals surface area contributed by atoms with Crippen molar-refractivity contribution in [3.63, 3.8) is 0 Å². The lowest BCUT2D eigenvalue weighted by Crippen LogP contribution is -2.02. The monoisotopic (exact) mass is 273 g/mol. The summed E-state index contributed by atoms with van der Waals surface area (Å²) in [6, 6.07) is 11.1. The number of nitrogens with one attached hydrogen (secondary N) is 2. The van der Waals surface area contributed by atoms with Crippen molar-refractivity contribution in [2.75, 3.05) is 5.32 Å². The van der Waals surface area contributed by atoms with Gasteiger partial charge in [0.25, 0.3) is 5.56 Å². The quantitative estimate of drug-likeness (QED) is 0.684. The molecule has 5 nitrogen and oxygen atoms in total. The van der Waals surface area contributed by atoms with Crippen LogP contribution in [0.3, 0.4) is 0 Å². The predicted octanol–water partition coefficient (Wildman–Crippen LogP) is 2.30. The number of aromatic hydroxyl groups is 1. The molecular weight excluding hydrogens is 262 g/mol. The number of thiazole rings is 1. The van der Waals surface area contributed by atoms with E-state index in [4.69, 9.17) is 0 Å². The topological polar surface area (TPSA) is 78.0 Å². The number of hydrogen-bond acceptors (Lipinski definition) is 5. The van der Waals surface area contributed by atoms with E-state index in [0.29, 0.717) is 22.0 Å². The summed E-state index contributed by atoms with van der Waals surface area (Å²) in [5.41, 5.74) is 1.19. The van der Waals surface area contributed by atoms with Crippen molar-refractivity contribution >= 4 is 26.8 Å². The molecule has 3 N–H and O–H groups in total. The zero-order valence-corrected chi connectivity index (χ0v) is 10.7. The van der Waals surface area contributed by atoms with Crippen molar-refractivity contribution < 1.29 is 5.11 Å². The number of rotatable bonds is 3. The summed E-state index contributed by atoms with van der Waals surface area (Å²) in [5, 5.41) is 13.5. The van der Waals surface area contributed by atoms with E-state index in [2.05, 4.69) is 15.3 Å². The van der Waals surface area contributed by atoms with Crippen molar-refractivity contribution in [3.05, 3.63) is 52.3 Å². The Morgan fingerprint density at radius 2 is 2.11 bits per heavy atom. The van der Waals surface area contributed by atoms with E-state index in [1.807, 2.05) is 30.3 Å². The number of anilines is 1. The fourth-order valence-electron chi connectivity index (χ4n) is 1.77. The molecule has 0 fully saturated rings. The fourth-order valence-corrected chi connectivity index (χ4v) is 2.60. The maximum atomic E-state index is 11.2. The minimum absolute atomic E-state index is 0.0380. The molecule has 2 heterocycles. The van der Waals surface area contributed by atoms with Crippen molar-refractivity contribution in [3.8, 4) is 5.75 Å². The lowest BCUT2D eigenvalue weighted by molar-refractivity contribution is 0.481. The first-order valence-corrected chi connectivity index (χ1v) is 6.54. The van der Waals surface area contributed by atoms with Gasteiger partial charge in [0.2, 0.25) is 0 Å². The van der Waals surface area contributed by atoms with Crippen LogP contribution in [0, 0.1) is 0 Å². The third kappa shape index (κ3) is 2.43. The second-order valence-corrected chi connectivity index (χ2v) is 5.05. The minimum Gasteiger partial charge on any atom is -0.506 e. The SMILES string of the molecule is O=c1cc(O)c2sc(NCc3ccccc3)nc2[nH]1. The maximum Gasteiger partial charge on any atom is 0.253 e. The summed E-state index contributed by atoms with van der Waals surface area (Å²) in [7, 11) is 0. The Bertz CT molecular complexity index is 764. The van der Waals surface area contributed by atoms with Crippen LogP contribution in [-0.2, 0) is 6.54 Å². The molecule has 0 aliphatic heterocycles. The van der Waals surface area contributed by atoms with E-state index in [-0.39, 0.29) is 11.3 Å². The van der Waals surface area contributed by atoms with Gasteiger partial charge in [0.1, 0.15) is 10.4 Å². The largest absolute Gasteiger partial charge is 0.506 e. The highest BCUT2D eigenvalue weighted by Crippen LogP contribution is 2.30. The average Bonchev–Trinajstić information content (AvgIpc) is 2.81. The van der Waals surface area contributed by atoms with Gasteiger partial charge in [-0.25, -0.2) is 4.98 Å². The zero-order chi connectivity index (χ0) is 13.2. The Kier molecular flexibility index (Phi) is 2.92. The lowest BCUT2D eigenvalue weighted by Gasteiger charge is -2.01. The molecule has 0 atom stereocenters. The third-order valence-corrected chi connectivity index (χ3v) is 3.69. The van der Waals surface area contributed by atoms with Crippen LogP contribution >= 0.6 is 11.3 Å². The first kappa shape index (κ1) is 11.7.